The van der Waals surface area contributed by atoms with Crippen LogP contribution in [0.25, 0.3) is 0 Å². The van der Waals surface area contributed by atoms with E-state index in [9.17, 15) is 9.90 Å². The molecule has 0 saturated carbocycles. The molecule has 1 N–H and O–H groups in total. The third-order valence-corrected chi connectivity index (χ3v) is 3.29. The molecule has 0 unspecified atom stereocenters. The number of hydrogen-bond donors (Lipinski definition) is 1. The number of aromatic carboxylic acids is 1. The molecule has 1 aromatic heterocycles. The lowest BCUT2D eigenvalue weighted by molar-refractivity contribution is 0.0693. The molecule has 1 aromatic carbocycles. The summed E-state index contributed by atoms with van der Waals surface area (Å²) in [4.78, 5) is 15.6. The van der Waals surface area contributed by atoms with Gasteiger partial charge in [-0.15, -0.1) is 0 Å². The first-order valence-corrected chi connectivity index (χ1v) is 7.02. The monoisotopic (exact) mass is 308 g/mol. The summed E-state index contributed by atoms with van der Waals surface area (Å²) in [5.74, 6) is 0.0188. The summed E-state index contributed by atoms with van der Waals surface area (Å²) < 4.78 is 15.0. The van der Waals surface area contributed by atoms with Gasteiger partial charge in [-0.25, -0.2) is 4.79 Å². The van der Waals surface area contributed by atoms with Crippen molar-refractivity contribution in [1.29, 1.82) is 0 Å². The van der Waals surface area contributed by atoms with Gasteiger partial charge in [-0.2, -0.15) is 9.36 Å². The lowest BCUT2D eigenvalue weighted by Crippen LogP contribution is -2.13. The van der Waals surface area contributed by atoms with E-state index in [1.165, 1.54) is 13.2 Å². The Bertz CT molecular complexity index is 661. The second-order valence-electron chi connectivity index (χ2n) is 5.38. The molecular formula is C14H16N2O4S. The lowest BCUT2D eigenvalue weighted by atomic mass is 9.96. The van der Waals surface area contributed by atoms with E-state index >= 15 is 0 Å². The smallest absolute Gasteiger partial charge is 0.339 e. The number of ether oxygens (including phenoxy) is 2. The quantitative estimate of drug-likeness (QED) is 0.933. The van der Waals surface area contributed by atoms with Gasteiger partial charge < -0.3 is 14.6 Å². The zero-order chi connectivity index (χ0) is 15.6. The minimum atomic E-state index is -1.09. The highest BCUT2D eigenvalue weighted by Crippen LogP contribution is 2.36. The van der Waals surface area contributed by atoms with Crippen LogP contribution in [0.4, 0.5) is 0 Å². The standard InChI is InChI=1S/C14H16N2O4S/c1-14(2,3)12-15-13(21-16-12)20-10-8(11(17)18)6-5-7-9(10)19-4/h5-7H,1-4H3,(H,17,18). The van der Waals surface area contributed by atoms with Gasteiger partial charge in [0.05, 0.1) is 7.11 Å². The molecule has 112 valence electrons. The third kappa shape index (κ3) is 3.30. The van der Waals surface area contributed by atoms with Crippen molar-refractivity contribution in [2.75, 3.05) is 7.11 Å². The van der Waals surface area contributed by atoms with Gasteiger partial charge in [0.25, 0.3) is 5.19 Å². The minimum Gasteiger partial charge on any atom is -0.493 e. The zero-order valence-corrected chi connectivity index (χ0v) is 13.0. The number of carboxylic acid groups (broad SMARTS) is 1. The van der Waals surface area contributed by atoms with Crippen LogP contribution in [0.1, 0.15) is 37.0 Å². The van der Waals surface area contributed by atoms with E-state index in [1.807, 2.05) is 20.8 Å². The molecule has 2 rings (SSSR count). The number of aromatic nitrogens is 2. The molecule has 0 atom stereocenters. The van der Waals surface area contributed by atoms with Crippen molar-refractivity contribution in [2.24, 2.45) is 0 Å². The predicted molar refractivity (Wildman–Crippen MR) is 78.6 cm³/mol. The highest BCUT2D eigenvalue weighted by atomic mass is 32.1. The summed E-state index contributed by atoms with van der Waals surface area (Å²) in [6.45, 7) is 5.97. The third-order valence-electron chi connectivity index (χ3n) is 2.70. The van der Waals surface area contributed by atoms with Gasteiger partial charge in [0.15, 0.2) is 17.3 Å². The molecule has 0 aliphatic rings. The van der Waals surface area contributed by atoms with Crippen LogP contribution in [0.3, 0.4) is 0 Å². The first-order valence-electron chi connectivity index (χ1n) is 6.25. The summed E-state index contributed by atoms with van der Waals surface area (Å²) in [7, 11) is 1.45. The topological polar surface area (TPSA) is 81.5 Å². The normalized spacial score (nSPS) is 11.2. The maximum atomic E-state index is 11.3. The Kier molecular flexibility index (Phi) is 4.13. The van der Waals surface area contributed by atoms with Gasteiger partial charge in [0.1, 0.15) is 5.56 Å². The molecule has 0 spiro atoms. The van der Waals surface area contributed by atoms with Crippen molar-refractivity contribution in [3.63, 3.8) is 0 Å². The molecule has 0 fully saturated rings. The largest absolute Gasteiger partial charge is 0.493 e. The Morgan fingerprint density at radius 1 is 1.33 bits per heavy atom. The van der Waals surface area contributed by atoms with E-state index in [4.69, 9.17) is 9.47 Å². The van der Waals surface area contributed by atoms with Crippen LogP contribution in [0.15, 0.2) is 18.2 Å². The summed E-state index contributed by atoms with van der Waals surface area (Å²) in [6, 6.07) is 4.68. The molecule has 6 nitrogen and oxygen atoms in total. The van der Waals surface area contributed by atoms with Crippen molar-refractivity contribution in [3.8, 4) is 16.7 Å². The average molecular weight is 308 g/mol. The van der Waals surface area contributed by atoms with E-state index in [-0.39, 0.29) is 21.9 Å². The van der Waals surface area contributed by atoms with Gasteiger partial charge in [0.2, 0.25) is 0 Å². The molecule has 1 heterocycles. The molecule has 7 heteroatoms. The van der Waals surface area contributed by atoms with Gasteiger partial charge in [-0.3, -0.25) is 0 Å². The van der Waals surface area contributed by atoms with Gasteiger partial charge in [0, 0.05) is 16.9 Å². The van der Waals surface area contributed by atoms with E-state index in [0.29, 0.717) is 11.6 Å². The first-order chi connectivity index (χ1) is 9.82. The fourth-order valence-corrected chi connectivity index (χ4v) is 2.32. The molecule has 2 aromatic rings. The fraction of sp³-hybridized carbons (Fsp3) is 0.357. The summed E-state index contributed by atoms with van der Waals surface area (Å²) in [5, 5.41) is 9.51. The number of benzene rings is 1. The molecule has 0 aliphatic carbocycles. The SMILES string of the molecule is COc1cccc(C(=O)O)c1Oc1nc(C(C)(C)C)ns1. The molecule has 0 radical (unpaired) electrons. The van der Waals surface area contributed by atoms with E-state index in [1.54, 1.807) is 12.1 Å². The maximum absolute atomic E-state index is 11.3. The van der Waals surface area contributed by atoms with Crippen LogP contribution in [-0.4, -0.2) is 27.5 Å². The van der Waals surface area contributed by atoms with Crippen molar-refractivity contribution < 1.29 is 19.4 Å². The van der Waals surface area contributed by atoms with Crippen molar-refractivity contribution >= 4 is 17.5 Å². The molecule has 0 aliphatic heterocycles. The zero-order valence-electron chi connectivity index (χ0n) is 12.2. The second-order valence-corrected chi connectivity index (χ2v) is 6.09. The molecule has 21 heavy (non-hydrogen) atoms. The number of nitrogens with zero attached hydrogens (tertiary/aromatic N) is 2. The first kappa shape index (κ1) is 15.2. The Hall–Kier alpha value is -2.15. The molecular weight excluding hydrogens is 292 g/mol. The fourth-order valence-electron chi connectivity index (χ4n) is 1.59. The highest BCUT2D eigenvalue weighted by Gasteiger charge is 2.22. The van der Waals surface area contributed by atoms with Crippen LogP contribution < -0.4 is 9.47 Å². The summed E-state index contributed by atoms with van der Waals surface area (Å²) in [5.41, 5.74) is -0.184. The Morgan fingerprint density at radius 3 is 2.57 bits per heavy atom. The number of carbonyl (C=O) groups is 1. The van der Waals surface area contributed by atoms with Gasteiger partial charge in [-0.05, 0) is 12.1 Å². The van der Waals surface area contributed by atoms with Crippen molar-refractivity contribution in [1.82, 2.24) is 9.36 Å². The number of hydrogen-bond acceptors (Lipinski definition) is 6. The van der Waals surface area contributed by atoms with Crippen LogP contribution in [0.2, 0.25) is 0 Å². The van der Waals surface area contributed by atoms with Crippen molar-refractivity contribution in [3.05, 3.63) is 29.6 Å². The number of carboxylic acids is 1. The van der Waals surface area contributed by atoms with Gasteiger partial charge in [-0.1, -0.05) is 26.8 Å². The Labute approximate surface area is 126 Å². The average Bonchev–Trinajstić information content (AvgIpc) is 2.87. The number of rotatable bonds is 4. The maximum Gasteiger partial charge on any atom is 0.339 e. The van der Waals surface area contributed by atoms with Crippen LogP contribution in [0, 0.1) is 0 Å². The summed E-state index contributed by atoms with van der Waals surface area (Å²) >= 11 is 1.08. The molecule has 0 bridgehead atoms. The molecule has 0 saturated heterocycles. The van der Waals surface area contributed by atoms with Crippen LogP contribution in [-0.2, 0) is 5.41 Å². The van der Waals surface area contributed by atoms with E-state index in [0.717, 1.165) is 11.5 Å². The summed E-state index contributed by atoms with van der Waals surface area (Å²) in [6.07, 6.45) is 0. The van der Waals surface area contributed by atoms with Crippen LogP contribution >= 0.6 is 11.5 Å². The number of methoxy groups -OCH3 is 1. The highest BCUT2D eigenvalue weighted by molar-refractivity contribution is 7.07. The second kappa shape index (κ2) is 5.69. The Morgan fingerprint density at radius 2 is 2.05 bits per heavy atom. The number of para-hydroxylation sites is 1. The minimum absolute atomic E-state index is 0.0156. The molecule has 0 amide bonds. The van der Waals surface area contributed by atoms with Crippen LogP contribution in [0.5, 0.6) is 16.7 Å². The lowest BCUT2D eigenvalue weighted by Gasteiger charge is -2.12. The van der Waals surface area contributed by atoms with E-state index in [2.05, 4.69) is 9.36 Å². The van der Waals surface area contributed by atoms with E-state index < -0.39 is 5.97 Å². The van der Waals surface area contributed by atoms with Crippen molar-refractivity contribution in [2.45, 2.75) is 26.2 Å². The predicted octanol–water partition coefficient (Wildman–Crippen LogP) is 3.33. The van der Waals surface area contributed by atoms with Gasteiger partial charge >= 0.3 is 5.97 Å². The Balaban J connectivity index is 2.39.